The minimum absolute atomic E-state index is 0.391. The van der Waals surface area contributed by atoms with Crippen molar-refractivity contribution < 1.29 is 8.78 Å². The van der Waals surface area contributed by atoms with Gasteiger partial charge < -0.3 is 10.2 Å². The van der Waals surface area contributed by atoms with Gasteiger partial charge in [-0.1, -0.05) is 6.92 Å². The van der Waals surface area contributed by atoms with Crippen molar-refractivity contribution in [2.24, 2.45) is 0 Å². The molecule has 0 amide bonds. The number of rotatable bonds is 3. The third-order valence-electron chi connectivity index (χ3n) is 4.41. The number of hydrogen-bond donors (Lipinski definition) is 1. The molecule has 2 heterocycles. The Balaban J connectivity index is 1.83. The largest absolute Gasteiger partial charge is 0.363 e. The Morgan fingerprint density at radius 3 is 2.47 bits per heavy atom. The van der Waals surface area contributed by atoms with E-state index in [0.29, 0.717) is 23.8 Å². The van der Waals surface area contributed by atoms with Gasteiger partial charge in [0.1, 0.15) is 11.6 Å². The third-order valence-corrected chi connectivity index (χ3v) is 4.41. The van der Waals surface area contributed by atoms with Crippen LogP contribution >= 0.6 is 0 Å². The minimum atomic E-state index is -0.504. The zero-order valence-corrected chi connectivity index (χ0v) is 11.2. The molecular formula is C15H20F2N2. The van der Waals surface area contributed by atoms with E-state index in [0.717, 1.165) is 38.3 Å². The third kappa shape index (κ3) is 2.34. The second-order valence-corrected chi connectivity index (χ2v) is 5.61. The molecule has 2 nitrogen and oxygen atoms in total. The number of piperidine rings is 1. The highest BCUT2D eigenvalue weighted by Gasteiger charge is 2.41. The van der Waals surface area contributed by atoms with E-state index in [4.69, 9.17) is 0 Å². The zero-order chi connectivity index (χ0) is 13.4. The monoisotopic (exact) mass is 266 g/mol. The van der Waals surface area contributed by atoms with Gasteiger partial charge in [0.05, 0.1) is 5.69 Å². The van der Waals surface area contributed by atoms with E-state index in [2.05, 4.69) is 17.1 Å². The summed E-state index contributed by atoms with van der Waals surface area (Å²) in [4.78, 5) is 2.18. The van der Waals surface area contributed by atoms with E-state index >= 15 is 0 Å². The van der Waals surface area contributed by atoms with Crippen LogP contribution in [0.15, 0.2) is 18.2 Å². The molecule has 19 heavy (non-hydrogen) atoms. The minimum Gasteiger partial charge on any atom is -0.363 e. The van der Waals surface area contributed by atoms with Gasteiger partial charge in [-0.25, -0.2) is 8.78 Å². The van der Waals surface area contributed by atoms with Crippen LogP contribution in [0.2, 0.25) is 0 Å². The van der Waals surface area contributed by atoms with Crippen molar-refractivity contribution in [3.05, 3.63) is 29.8 Å². The van der Waals surface area contributed by atoms with Crippen LogP contribution < -0.4 is 10.2 Å². The number of halogens is 2. The Bertz CT molecular complexity index is 449. The molecule has 2 atom stereocenters. The van der Waals surface area contributed by atoms with Gasteiger partial charge in [0, 0.05) is 24.2 Å². The smallest absolute Gasteiger partial charge is 0.149 e. The molecule has 2 aliphatic rings. The van der Waals surface area contributed by atoms with E-state index in [9.17, 15) is 8.78 Å². The van der Waals surface area contributed by atoms with E-state index in [1.807, 2.05) is 0 Å². The van der Waals surface area contributed by atoms with Crippen LogP contribution in [-0.2, 0) is 0 Å². The molecule has 2 unspecified atom stereocenters. The van der Waals surface area contributed by atoms with Gasteiger partial charge in [0.15, 0.2) is 0 Å². The highest BCUT2D eigenvalue weighted by Crippen LogP contribution is 2.40. The molecule has 2 fully saturated rings. The lowest BCUT2D eigenvalue weighted by atomic mass is 9.96. The fourth-order valence-corrected chi connectivity index (χ4v) is 3.72. The molecule has 0 aliphatic carbocycles. The standard InChI is InChI=1S/C15H20F2N2/c1-2-18-11-8-12-4-5-13(9-11)19(12)15-6-3-10(16)7-14(15)17/h3,6-7,11-13,18H,2,4-5,8-9H2,1H3. The molecule has 104 valence electrons. The van der Waals surface area contributed by atoms with Crippen molar-refractivity contribution in [3.63, 3.8) is 0 Å². The molecule has 1 aromatic carbocycles. The summed E-state index contributed by atoms with van der Waals surface area (Å²) in [6.45, 7) is 3.10. The van der Waals surface area contributed by atoms with Crippen molar-refractivity contribution in [1.82, 2.24) is 5.32 Å². The van der Waals surface area contributed by atoms with Gasteiger partial charge in [0.2, 0.25) is 0 Å². The molecule has 4 heteroatoms. The maximum Gasteiger partial charge on any atom is 0.149 e. The van der Waals surface area contributed by atoms with E-state index in [1.54, 1.807) is 6.07 Å². The average molecular weight is 266 g/mol. The summed E-state index contributed by atoms with van der Waals surface area (Å²) < 4.78 is 27.0. The fraction of sp³-hybridized carbons (Fsp3) is 0.600. The van der Waals surface area contributed by atoms with Crippen LogP contribution in [0.25, 0.3) is 0 Å². The lowest BCUT2D eigenvalue weighted by Gasteiger charge is -2.41. The summed E-state index contributed by atoms with van der Waals surface area (Å²) in [5, 5.41) is 3.50. The van der Waals surface area contributed by atoms with Gasteiger partial charge >= 0.3 is 0 Å². The maximum absolute atomic E-state index is 14.0. The lowest BCUT2D eigenvalue weighted by Crippen LogP contribution is -2.49. The van der Waals surface area contributed by atoms with Crippen molar-refractivity contribution in [2.75, 3.05) is 11.4 Å². The van der Waals surface area contributed by atoms with Gasteiger partial charge in [0.25, 0.3) is 0 Å². The Hall–Kier alpha value is -1.16. The Morgan fingerprint density at radius 1 is 1.21 bits per heavy atom. The Labute approximate surface area is 112 Å². The summed E-state index contributed by atoms with van der Waals surface area (Å²) in [5.41, 5.74) is 0.573. The molecule has 3 rings (SSSR count). The summed E-state index contributed by atoms with van der Waals surface area (Å²) in [6.07, 6.45) is 4.34. The molecule has 0 radical (unpaired) electrons. The van der Waals surface area contributed by atoms with Crippen molar-refractivity contribution >= 4 is 5.69 Å². The SMILES string of the molecule is CCNC1CC2CCC(C1)N2c1ccc(F)cc1F. The number of nitrogens with zero attached hydrogens (tertiary/aromatic N) is 1. The zero-order valence-electron chi connectivity index (χ0n) is 11.2. The van der Waals surface area contributed by atoms with Crippen molar-refractivity contribution in [3.8, 4) is 0 Å². The molecule has 1 N–H and O–H groups in total. The molecule has 1 aromatic rings. The highest BCUT2D eigenvalue weighted by atomic mass is 19.1. The van der Waals surface area contributed by atoms with Crippen molar-refractivity contribution in [1.29, 1.82) is 0 Å². The first-order valence-electron chi connectivity index (χ1n) is 7.15. The predicted molar refractivity (Wildman–Crippen MR) is 72.3 cm³/mol. The first-order chi connectivity index (χ1) is 9.19. The lowest BCUT2D eigenvalue weighted by molar-refractivity contribution is 0.358. The maximum atomic E-state index is 14.0. The van der Waals surface area contributed by atoms with Crippen LogP contribution in [0.4, 0.5) is 14.5 Å². The van der Waals surface area contributed by atoms with E-state index < -0.39 is 11.6 Å². The van der Waals surface area contributed by atoms with Gasteiger partial charge in [-0.05, 0) is 44.4 Å². The molecular weight excluding hydrogens is 246 g/mol. The molecule has 0 saturated carbocycles. The van der Waals surface area contributed by atoms with Crippen molar-refractivity contribution in [2.45, 2.75) is 50.7 Å². The van der Waals surface area contributed by atoms with Crippen LogP contribution in [0, 0.1) is 11.6 Å². The summed E-state index contributed by atoms with van der Waals surface area (Å²) in [6, 6.07) is 5.26. The van der Waals surface area contributed by atoms with Crippen LogP contribution in [0.3, 0.4) is 0 Å². The molecule has 0 spiro atoms. The van der Waals surface area contributed by atoms with Crippen LogP contribution in [0.1, 0.15) is 32.6 Å². The summed E-state index contributed by atoms with van der Waals surface area (Å²) >= 11 is 0. The predicted octanol–water partition coefficient (Wildman–Crippen LogP) is 3.07. The molecule has 2 saturated heterocycles. The first kappa shape index (κ1) is 12.9. The second kappa shape index (κ2) is 5.08. The van der Waals surface area contributed by atoms with Crippen LogP contribution in [0.5, 0.6) is 0 Å². The van der Waals surface area contributed by atoms with Gasteiger partial charge in [-0.15, -0.1) is 0 Å². The van der Waals surface area contributed by atoms with Crippen LogP contribution in [-0.4, -0.2) is 24.7 Å². The van der Waals surface area contributed by atoms with Gasteiger partial charge in [-0.2, -0.15) is 0 Å². The van der Waals surface area contributed by atoms with Gasteiger partial charge in [-0.3, -0.25) is 0 Å². The molecule has 0 aromatic heterocycles. The normalized spacial score (nSPS) is 29.8. The Kier molecular flexibility index (Phi) is 3.44. The average Bonchev–Trinajstić information content (AvgIpc) is 2.63. The number of fused-ring (bicyclic) bond motifs is 2. The summed E-state index contributed by atoms with van der Waals surface area (Å²) in [5.74, 6) is -0.935. The number of anilines is 1. The van der Waals surface area contributed by atoms with E-state index in [-0.39, 0.29) is 0 Å². The highest BCUT2D eigenvalue weighted by molar-refractivity contribution is 5.51. The Morgan fingerprint density at radius 2 is 1.89 bits per heavy atom. The summed E-state index contributed by atoms with van der Waals surface area (Å²) in [7, 11) is 0. The number of hydrogen-bond acceptors (Lipinski definition) is 2. The quantitative estimate of drug-likeness (QED) is 0.904. The topological polar surface area (TPSA) is 15.3 Å². The fourth-order valence-electron chi connectivity index (χ4n) is 3.72. The van der Waals surface area contributed by atoms with E-state index in [1.165, 1.54) is 6.07 Å². The molecule has 2 aliphatic heterocycles. The first-order valence-corrected chi connectivity index (χ1v) is 7.15. The number of benzene rings is 1. The second-order valence-electron chi connectivity index (χ2n) is 5.61. The number of nitrogens with one attached hydrogen (secondary N) is 1. The molecule has 2 bridgehead atoms.